The first-order chi connectivity index (χ1) is 3.81. The lowest BCUT2D eigenvalue weighted by molar-refractivity contribution is 0.537. The van der Waals surface area contributed by atoms with E-state index in [0.29, 0.717) is 5.92 Å². The third kappa shape index (κ3) is 4.17. The van der Waals surface area contributed by atoms with Gasteiger partial charge in [-0.25, -0.2) is 0 Å². The minimum absolute atomic E-state index is 0.704. The zero-order chi connectivity index (χ0) is 6.41. The number of rotatable bonds is 4. The fourth-order valence-electron chi connectivity index (χ4n) is 0.697. The molecule has 0 aromatic rings. The van der Waals surface area contributed by atoms with E-state index in [1.165, 1.54) is 25.7 Å². The number of hydrogen-bond acceptors (Lipinski definition) is 0. The lowest BCUT2D eigenvalue weighted by atomic mass is 10.0. The Morgan fingerprint density at radius 3 is 2.38 bits per heavy atom. The first kappa shape index (κ1) is 8.00. The zero-order valence-corrected chi connectivity index (χ0v) is 6.11. The smallest absolute Gasteiger partial charge is 0.0417 e. The molecule has 0 aromatic heterocycles. The molecule has 1 radical (unpaired) electrons. The summed E-state index contributed by atoms with van der Waals surface area (Å²) < 4.78 is 0. The van der Waals surface area contributed by atoms with Crippen molar-refractivity contribution in [3.63, 3.8) is 0 Å². The van der Waals surface area contributed by atoms with Crippen molar-refractivity contribution >= 4 is 0 Å². The predicted molar refractivity (Wildman–Crippen MR) is 38.7 cm³/mol. The molecule has 0 heterocycles. The molecule has 0 amide bonds. The van der Waals surface area contributed by atoms with Gasteiger partial charge in [0, 0.05) is 0 Å². The Morgan fingerprint density at radius 2 is 2.00 bits per heavy atom. The molecule has 0 aromatic carbocycles. The lowest BCUT2D eigenvalue weighted by Gasteiger charge is -2.04. The molecular formula is C8H17. The molecule has 49 valence electrons. The van der Waals surface area contributed by atoms with Crippen molar-refractivity contribution in [3.8, 4) is 0 Å². The van der Waals surface area contributed by atoms with Crippen molar-refractivity contribution < 1.29 is 0 Å². The summed E-state index contributed by atoms with van der Waals surface area (Å²) in [5.41, 5.74) is 0. The quantitative estimate of drug-likeness (QED) is 0.525. The Morgan fingerprint density at radius 1 is 1.38 bits per heavy atom. The second-order valence-corrected chi connectivity index (χ2v) is 2.42. The van der Waals surface area contributed by atoms with Crippen LogP contribution in [0.15, 0.2) is 0 Å². The molecule has 0 aliphatic rings. The summed E-state index contributed by atoms with van der Waals surface area (Å²) in [6, 6.07) is 0. The molecule has 0 rings (SSSR count). The molecule has 0 bridgehead atoms. The van der Waals surface area contributed by atoms with Gasteiger partial charge in [0.1, 0.15) is 0 Å². The van der Waals surface area contributed by atoms with Crippen molar-refractivity contribution in [1.29, 1.82) is 0 Å². The van der Waals surface area contributed by atoms with Crippen LogP contribution in [0.3, 0.4) is 0 Å². The van der Waals surface area contributed by atoms with Crippen LogP contribution in [0.4, 0.5) is 0 Å². The van der Waals surface area contributed by atoms with Crippen LogP contribution >= 0.6 is 0 Å². The van der Waals surface area contributed by atoms with E-state index in [-0.39, 0.29) is 0 Å². The number of unbranched alkanes of at least 4 members (excludes halogenated alkanes) is 1. The fraction of sp³-hybridized carbons (Fsp3) is 0.875. The standard InChI is InChI=1S/C8H17/c1-4-6-7-8(3)5-2/h8H,3-7H2,1-2H3/t8-/m0/s1. The van der Waals surface area contributed by atoms with Crippen molar-refractivity contribution in [2.24, 2.45) is 5.92 Å². The largest absolute Gasteiger partial charge is 0.0654 e. The molecule has 0 saturated carbocycles. The first-order valence-electron chi connectivity index (χ1n) is 3.64. The van der Waals surface area contributed by atoms with E-state index < -0.39 is 0 Å². The SMILES string of the molecule is [CH2][C@@H](CC)CCCC. The Balaban J connectivity index is 2.86. The normalized spacial score (nSPS) is 13.9. The van der Waals surface area contributed by atoms with Crippen LogP contribution in [-0.2, 0) is 0 Å². The predicted octanol–water partition coefficient (Wildman–Crippen LogP) is 3.04. The van der Waals surface area contributed by atoms with Gasteiger partial charge in [-0.05, 0) is 5.92 Å². The highest BCUT2D eigenvalue weighted by molar-refractivity contribution is 4.57. The van der Waals surface area contributed by atoms with Crippen molar-refractivity contribution in [2.75, 3.05) is 0 Å². The van der Waals surface area contributed by atoms with Gasteiger partial charge in [-0.3, -0.25) is 0 Å². The second-order valence-electron chi connectivity index (χ2n) is 2.42. The van der Waals surface area contributed by atoms with Gasteiger partial charge in [0.2, 0.25) is 0 Å². The maximum absolute atomic E-state index is 3.99. The summed E-state index contributed by atoms with van der Waals surface area (Å²) in [6.45, 7) is 8.42. The zero-order valence-electron chi connectivity index (χ0n) is 6.11. The van der Waals surface area contributed by atoms with Gasteiger partial charge < -0.3 is 0 Å². The van der Waals surface area contributed by atoms with Gasteiger partial charge in [-0.2, -0.15) is 0 Å². The van der Waals surface area contributed by atoms with E-state index in [0.717, 1.165) is 0 Å². The molecule has 0 heteroatoms. The van der Waals surface area contributed by atoms with Gasteiger partial charge in [0.25, 0.3) is 0 Å². The van der Waals surface area contributed by atoms with Crippen molar-refractivity contribution in [2.45, 2.75) is 39.5 Å². The summed E-state index contributed by atoms with van der Waals surface area (Å²) in [4.78, 5) is 0. The maximum atomic E-state index is 3.99. The van der Waals surface area contributed by atoms with Crippen LogP contribution in [0.25, 0.3) is 0 Å². The average molecular weight is 113 g/mol. The minimum atomic E-state index is 0.704. The molecule has 0 aliphatic heterocycles. The third-order valence-electron chi connectivity index (χ3n) is 1.54. The highest BCUT2D eigenvalue weighted by Crippen LogP contribution is 2.09. The lowest BCUT2D eigenvalue weighted by Crippen LogP contribution is -1.90. The molecule has 0 N–H and O–H groups in total. The van der Waals surface area contributed by atoms with Gasteiger partial charge in [-0.1, -0.05) is 46.5 Å². The molecule has 8 heavy (non-hydrogen) atoms. The summed E-state index contributed by atoms with van der Waals surface area (Å²) in [5.74, 6) is 0.704. The van der Waals surface area contributed by atoms with Gasteiger partial charge in [0.15, 0.2) is 0 Å². The third-order valence-corrected chi connectivity index (χ3v) is 1.54. The molecule has 0 spiro atoms. The van der Waals surface area contributed by atoms with Crippen LogP contribution in [0.1, 0.15) is 39.5 Å². The first-order valence-corrected chi connectivity index (χ1v) is 3.64. The van der Waals surface area contributed by atoms with Crippen LogP contribution in [0.2, 0.25) is 0 Å². The Hall–Kier alpha value is 0. The molecule has 0 saturated heterocycles. The van der Waals surface area contributed by atoms with E-state index in [2.05, 4.69) is 20.8 Å². The molecule has 0 nitrogen and oxygen atoms in total. The van der Waals surface area contributed by atoms with Crippen molar-refractivity contribution in [3.05, 3.63) is 6.92 Å². The highest BCUT2D eigenvalue weighted by atomic mass is 14.0. The van der Waals surface area contributed by atoms with Crippen LogP contribution in [0, 0.1) is 12.8 Å². The monoisotopic (exact) mass is 113 g/mol. The Bertz CT molecular complexity index is 39.3. The second kappa shape index (κ2) is 5.14. The van der Waals surface area contributed by atoms with Gasteiger partial charge in [-0.15, -0.1) is 0 Å². The van der Waals surface area contributed by atoms with E-state index in [4.69, 9.17) is 0 Å². The Kier molecular flexibility index (Phi) is 5.14. The minimum Gasteiger partial charge on any atom is -0.0654 e. The van der Waals surface area contributed by atoms with Crippen LogP contribution in [0.5, 0.6) is 0 Å². The van der Waals surface area contributed by atoms with Crippen LogP contribution in [-0.4, -0.2) is 0 Å². The highest BCUT2D eigenvalue weighted by Gasteiger charge is 1.94. The fourth-order valence-corrected chi connectivity index (χ4v) is 0.697. The molecular weight excluding hydrogens is 96.1 g/mol. The molecule has 0 fully saturated rings. The maximum Gasteiger partial charge on any atom is -0.0417 e. The summed E-state index contributed by atoms with van der Waals surface area (Å²) in [7, 11) is 0. The molecule has 1 atom stereocenters. The topological polar surface area (TPSA) is 0 Å². The van der Waals surface area contributed by atoms with E-state index in [1.807, 2.05) is 0 Å². The Labute approximate surface area is 53.3 Å². The molecule has 0 unspecified atom stereocenters. The van der Waals surface area contributed by atoms with Gasteiger partial charge >= 0.3 is 0 Å². The van der Waals surface area contributed by atoms with E-state index in [9.17, 15) is 0 Å². The number of hydrogen-bond donors (Lipinski definition) is 0. The van der Waals surface area contributed by atoms with Crippen LogP contribution < -0.4 is 0 Å². The average Bonchev–Trinajstić information content (AvgIpc) is 1.83. The summed E-state index contributed by atoms with van der Waals surface area (Å²) >= 11 is 0. The van der Waals surface area contributed by atoms with Gasteiger partial charge in [0.05, 0.1) is 0 Å². The van der Waals surface area contributed by atoms with E-state index in [1.54, 1.807) is 0 Å². The summed E-state index contributed by atoms with van der Waals surface area (Å²) in [5, 5.41) is 0. The molecule has 0 aliphatic carbocycles. The van der Waals surface area contributed by atoms with E-state index >= 15 is 0 Å². The van der Waals surface area contributed by atoms with Crippen molar-refractivity contribution in [1.82, 2.24) is 0 Å². The summed E-state index contributed by atoms with van der Waals surface area (Å²) in [6.07, 6.45) is 5.21.